The van der Waals surface area contributed by atoms with E-state index in [0.717, 1.165) is 38.4 Å². The summed E-state index contributed by atoms with van der Waals surface area (Å²) in [5, 5.41) is 3.39. The van der Waals surface area contributed by atoms with Crippen LogP contribution in [0.4, 0.5) is 5.69 Å². The number of hydrogen-bond acceptors (Lipinski definition) is 4. The molecule has 0 bridgehead atoms. The van der Waals surface area contributed by atoms with E-state index in [0.29, 0.717) is 5.92 Å². The van der Waals surface area contributed by atoms with Crippen molar-refractivity contribution in [3.63, 3.8) is 0 Å². The van der Waals surface area contributed by atoms with Gasteiger partial charge in [0.15, 0.2) is 0 Å². The van der Waals surface area contributed by atoms with Crippen molar-refractivity contribution < 1.29 is 0 Å². The zero-order valence-corrected chi connectivity index (χ0v) is 11.2. The summed E-state index contributed by atoms with van der Waals surface area (Å²) < 4.78 is 0. The number of hydrogen-bond donors (Lipinski definition) is 1. The molecule has 1 aliphatic carbocycles. The molecule has 3 rings (SSSR count). The van der Waals surface area contributed by atoms with Crippen LogP contribution in [0, 0.1) is 0 Å². The van der Waals surface area contributed by atoms with Crippen molar-refractivity contribution in [1.82, 2.24) is 15.3 Å². The van der Waals surface area contributed by atoms with Gasteiger partial charge < -0.3 is 10.2 Å². The Hall–Kier alpha value is -1.16. The standard InChI is InChI=1S/C14H22N4/c1-2-12-13(18-8-6-15-7-9-18)10-16-14(17-12)11-4-3-5-11/h10-11,15H,2-9H2,1H3. The van der Waals surface area contributed by atoms with Gasteiger partial charge in [0.25, 0.3) is 0 Å². The van der Waals surface area contributed by atoms with Gasteiger partial charge in [0.05, 0.1) is 17.6 Å². The third-order valence-electron chi connectivity index (χ3n) is 4.13. The second-order valence-electron chi connectivity index (χ2n) is 5.28. The lowest BCUT2D eigenvalue weighted by Crippen LogP contribution is -2.44. The molecule has 0 unspecified atom stereocenters. The smallest absolute Gasteiger partial charge is 0.131 e. The zero-order valence-electron chi connectivity index (χ0n) is 11.2. The molecule has 4 nitrogen and oxygen atoms in total. The van der Waals surface area contributed by atoms with Gasteiger partial charge >= 0.3 is 0 Å². The van der Waals surface area contributed by atoms with Crippen LogP contribution in [-0.4, -0.2) is 36.1 Å². The van der Waals surface area contributed by atoms with Gasteiger partial charge in [-0.1, -0.05) is 13.3 Å². The summed E-state index contributed by atoms with van der Waals surface area (Å²) >= 11 is 0. The fraction of sp³-hybridized carbons (Fsp3) is 0.714. The third kappa shape index (κ3) is 2.21. The molecule has 1 aliphatic heterocycles. The fourth-order valence-corrected chi connectivity index (χ4v) is 2.72. The molecule has 1 aromatic heterocycles. The summed E-state index contributed by atoms with van der Waals surface area (Å²) in [5.74, 6) is 1.71. The van der Waals surface area contributed by atoms with Gasteiger partial charge in [0.2, 0.25) is 0 Å². The Morgan fingerprint density at radius 3 is 2.72 bits per heavy atom. The Kier molecular flexibility index (Phi) is 3.46. The van der Waals surface area contributed by atoms with Crippen LogP contribution in [-0.2, 0) is 6.42 Å². The summed E-state index contributed by atoms with van der Waals surface area (Å²) in [5.41, 5.74) is 2.48. The number of nitrogens with zero attached hydrogens (tertiary/aromatic N) is 3. The normalized spacial score (nSPS) is 20.8. The molecule has 0 amide bonds. The summed E-state index contributed by atoms with van der Waals surface area (Å²) in [7, 11) is 0. The van der Waals surface area contributed by atoms with E-state index in [1.807, 2.05) is 0 Å². The molecule has 1 saturated heterocycles. The van der Waals surface area contributed by atoms with Crippen LogP contribution in [0.15, 0.2) is 6.20 Å². The first kappa shape index (κ1) is 11.9. The van der Waals surface area contributed by atoms with Crippen LogP contribution in [0.2, 0.25) is 0 Å². The molecule has 0 atom stereocenters. The zero-order chi connectivity index (χ0) is 12.4. The van der Waals surface area contributed by atoms with Crippen LogP contribution in [0.25, 0.3) is 0 Å². The number of aromatic nitrogens is 2. The second-order valence-corrected chi connectivity index (χ2v) is 5.28. The van der Waals surface area contributed by atoms with E-state index in [4.69, 9.17) is 4.98 Å². The summed E-state index contributed by atoms with van der Waals surface area (Å²) in [6.45, 7) is 6.46. The first-order chi connectivity index (χ1) is 8.88. The average Bonchev–Trinajstić information content (AvgIpc) is 2.37. The largest absolute Gasteiger partial charge is 0.366 e. The maximum Gasteiger partial charge on any atom is 0.131 e. The lowest BCUT2D eigenvalue weighted by molar-refractivity contribution is 0.400. The number of anilines is 1. The Labute approximate surface area is 109 Å². The molecule has 1 saturated carbocycles. The third-order valence-corrected chi connectivity index (χ3v) is 4.13. The van der Waals surface area contributed by atoms with Gasteiger partial charge in [-0.2, -0.15) is 0 Å². The minimum absolute atomic E-state index is 0.632. The Bertz CT molecular complexity index is 408. The number of nitrogens with one attached hydrogen (secondary N) is 1. The number of piperazine rings is 1. The predicted molar refractivity (Wildman–Crippen MR) is 73.1 cm³/mol. The first-order valence-corrected chi connectivity index (χ1v) is 7.20. The van der Waals surface area contributed by atoms with E-state index in [-0.39, 0.29) is 0 Å². The molecule has 1 aromatic rings. The van der Waals surface area contributed by atoms with Crippen molar-refractivity contribution >= 4 is 5.69 Å². The van der Waals surface area contributed by atoms with Crippen molar-refractivity contribution in [1.29, 1.82) is 0 Å². The molecule has 98 valence electrons. The second kappa shape index (κ2) is 5.22. The van der Waals surface area contributed by atoms with Gasteiger partial charge in [0, 0.05) is 32.1 Å². The highest BCUT2D eigenvalue weighted by molar-refractivity contribution is 5.49. The maximum absolute atomic E-state index is 4.82. The van der Waals surface area contributed by atoms with Crippen molar-refractivity contribution in [2.24, 2.45) is 0 Å². The lowest BCUT2D eigenvalue weighted by atomic mass is 9.85. The molecule has 0 aromatic carbocycles. The van der Waals surface area contributed by atoms with Crippen molar-refractivity contribution in [3.05, 3.63) is 17.7 Å². The highest BCUT2D eigenvalue weighted by Crippen LogP contribution is 2.35. The quantitative estimate of drug-likeness (QED) is 0.881. The minimum atomic E-state index is 0.632. The van der Waals surface area contributed by atoms with E-state index in [1.165, 1.54) is 30.6 Å². The molecule has 2 heterocycles. The summed E-state index contributed by atoms with van der Waals surface area (Å²) in [4.78, 5) is 11.8. The summed E-state index contributed by atoms with van der Waals surface area (Å²) in [6, 6.07) is 0. The molecule has 0 radical (unpaired) electrons. The molecule has 4 heteroatoms. The van der Waals surface area contributed by atoms with Crippen LogP contribution >= 0.6 is 0 Å². The van der Waals surface area contributed by atoms with Crippen LogP contribution in [0.1, 0.15) is 43.6 Å². The monoisotopic (exact) mass is 246 g/mol. The fourth-order valence-electron chi connectivity index (χ4n) is 2.72. The lowest BCUT2D eigenvalue weighted by Gasteiger charge is -2.31. The van der Waals surface area contributed by atoms with E-state index in [1.54, 1.807) is 0 Å². The SMILES string of the molecule is CCc1nc(C2CCC2)ncc1N1CCNCC1. The van der Waals surface area contributed by atoms with Crippen LogP contribution in [0.3, 0.4) is 0 Å². The molecule has 18 heavy (non-hydrogen) atoms. The molecular formula is C14H22N4. The molecule has 1 N–H and O–H groups in total. The number of aryl methyl sites for hydroxylation is 1. The summed E-state index contributed by atoms with van der Waals surface area (Å²) in [6.07, 6.45) is 6.95. The van der Waals surface area contributed by atoms with Crippen molar-refractivity contribution in [2.45, 2.75) is 38.5 Å². The van der Waals surface area contributed by atoms with E-state index < -0.39 is 0 Å². The molecule has 0 spiro atoms. The van der Waals surface area contributed by atoms with Gasteiger partial charge in [-0.25, -0.2) is 9.97 Å². The Morgan fingerprint density at radius 1 is 1.33 bits per heavy atom. The topological polar surface area (TPSA) is 41.1 Å². The van der Waals surface area contributed by atoms with Gasteiger partial charge in [-0.15, -0.1) is 0 Å². The van der Waals surface area contributed by atoms with E-state index in [9.17, 15) is 0 Å². The first-order valence-electron chi connectivity index (χ1n) is 7.20. The average molecular weight is 246 g/mol. The predicted octanol–water partition coefficient (Wildman–Crippen LogP) is 1.72. The van der Waals surface area contributed by atoms with Gasteiger partial charge in [-0.3, -0.25) is 0 Å². The number of rotatable bonds is 3. The molecular weight excluding hydrogens is 224 g/mol. The van der Waals surface area contributed by atoms with Crippen LogP contribution < -0.4 is 10.2 Å². The maximum atomic E-state index is 4.82. The highest BCUT2D eigenvalue weighted by Gasteiger charge is 2.24. The Morgan fingerprint density at radius 2 is 2.11 bits per heavy atom. The highest BCUT2D eigenvalue weighted by atomic mass is 15.2. The minimum Gasteiger partial charge on any atom is -0.366 e. The van der Waals surface area contributed by atoms with Gasteiger partial charge in [-0.05, 0) is 19.3 Å². The molecule has 2 aliphatic rings. The van der Waals surface area contributed by atoms with Crippen LogP contribution in [0.5, 0.6) is 0 Å². The van der Waals surface area contributed by atoms with E-state index >= 15 is 0 Å². The van der Waals surface area contributed by atoms with E-state index in [2.05, 4.69) is 28.3 Å². The molecule has 2 fully saturated rings. The van der Waals surface area contributed by atoms with Crippen molar-refractivity contribution in [3.8, 4) is 0 Å². The van der Waals surface area contributed by atoms with Crippen molar-refractivity contribution in [2.75, 3.05) is 31.1 Å². The van der Waals surface area contributed by atoms with Gasteiger partial charge in [0.1, 0.15) is 5.82 Å². The Balaban J connectivity index is 1.84.